The number of likely N-dealkylation sites (N-methyl/N-ethyl adjacent to an activating group) is 1. The van der Waals surface area contributed by atoms with Crippen LogP contribution in [0.4, 0.5) is 11.4 Å². The van der Waals surface area contributed by atoms with Gasteiger partial charge in [0.2, 0.25) is 0 Å². The summed E-state index contributed by atoms with van der Waals surface area (Å²) < 4.78 is 0.892. The lowest BCUT2D eigenvalue weighted by molar-refractivity contribution is -0.384. The Bertz CT molecular complexity index is 447. The molecule has 1 saturated heterocycles. The second kappa shape index (κ2) is 5.83. The fourth-order valence-corrected chi connectivity index (χ4v) is 2.89. The molecule has 1 unspecified atom stereocenters. The normalized spacial score (nSPS) is 18.9. The van der Waals surface area contributed by atoms with E-state index in [1.54, 1.807) is 6.07 Å². The van der Waals surface area contributed by atoms with Crippen LogP contribution in [0.1, 0.15) is 13.3 Å². The molecule has 18 heavy (non-hydrogen) atoms. The smallest absolute Gasteiger partial charge is 0.293 e. The van der Waals surface area contributed by atoms with Gasteiger partial charge in [-0.05, 0) is 54.6 Å². The lowest BCUT2D eigenvalue weighted by Crippen LogP contribution is -2.37. The molecule has 1 fully saturated rings. The van der Waals surface area contributed by atoms with Crippen LogP contribution in [-0.2, 0) is 0 Å². The Hall–Kier alpha value is -0.890. The number of nitrogens with one attached hydrogen (secondary N) is 1. The molecule has 1 aromatic rings. The van der Waals surface area contributed by atoms with Crippen molar-refractivity contribution in [1.29, 1.82) is 0 Å². The maximum atomic E-state index is 11.2. The first-order valence-electron chi connectivity index (χ1n) is 6.04. The van der Waals surface area contributed by atoms with Gasteiger partial charge in [0.05, 0.1) is 4.92 Å². The lowest BCUT2D eigenvalue weighted by atomic mass is 10.1. The third-order valence-corrected chi connectivity index (χ3v) is 3.93. The maximum Gasteiger partial charge on any atom is 0.293 e. The first kappa shape index (κ1) is 13.5. The maximum absolute atomic E-state index is 11.2. The van der Waals surface area contributed by atoms with E-state index >= 15 is 0 Å². The molecule has 1 aliphatic heterocycles. The molecule has 0 bridgehead atoms. The summed E-state index contributed by atoms with van der Waals surface area (Å²) in [5, 5.41) is 14.5. The van der Waals surface area contributed by atoms with Crippen molar-refractivity contribution < 1.29 is 4.92 Å². The molecular weight excluding hydrogens is 345 g/mol. The first-order valence-corrected chi connectivity index (χ1v) is 7.12. The highest BCUT2D eigenvalue weighted by atomic mass is 127. The Morgan fingerprint density at radius 1 is 1.61 bits per heavy atom. The number of halogens is 1. The van der Waals surface area contributed by atoms with Gasteiger partial charge in [0.1, 0.15) is 5.69 Å². The van der Waals surface area contributed by atoms with E-state index in [1.165, 1.54) is 0 Å². The van der Waals surface area contributed by atoms with E-state index in [0.29, 0.717) is 6.04 Å². The molecule has 0 aromatic heterocycles. The number of hydrogen-bond donors (Lipinski definition) is 1. The van der Waals surface area contributed by atoms with Crippen molar-refractivity contribution in [1.82, 2.24) is 5.32 Å². The van der Waals surface area contributed by atoms with E-state index in [9.17, 15) is 10.1 Å². The highest BCUT2D eigenvalue weighted by Gasteiger charge is 2.26. The summed E-state index contributed by atoms with van der Waals surface area (Å²) in [7, 11) is 0. The van der Waals surface area contributed by atoms with E-state index in [0.717, 1.165) is 35.3 Å². The Morgan fingerprint density at radius 3 is 2.94 bits per heavy atom. The monoisotopic (exact) mass is 361 g/mol. The van der Waals surface area contributed by atoms with Crippen molar-refractivity contribution in [2.24, 2.45) is 0 Å². The summed E-state index contributed by atoms with van der Waals surface area (Å²) in [6, 6.07) is 5.78. The third kappa shape index (κ3) is 2.74. The highest BCUT2D eigenvalue weighted by molar-refractivity contribution is 14.1. The Kier molecular flexibility index (Phi) is 4.39. The van der Waals surface area contributed by atoms with Gasteiger partial charge >= 0.3 is 0 Å². The molecule has 1 atom stereocenters. The van der Waals surface area contributed by atoms with E-state index in [-0.39, 0.29) is 10.6 Å². The molecular formula is C12H16IN3O2. The van der Waals surface area contributed by atoms with Crippen molar-refractivity contribution >= 4 is 34.0 Å². The molecule has 1 aliphatic rings. The fourth-order valence-electron chi connectivity index (χ4n) is 2.42. The Labute approximate surface area is 120 Å². The summed E-state index contributed by atoms with van der Waals surface area (Å²) in [4.78, 5) is 13.0. The molecule has 1 N–H and O–H groups in total. The van der Waals surface area contributed by atoms with Gasteiger partial charge in [-0.25, -0.2) is 0 Å². The number of nitrogens with zero attached hydrogens (tertiary/aromatic N) is 2. The minimum Gasteiger partial charge on any atom is -0.362 e. The molecule has 5 nitrogen and oxygen atoms in total. The number of benzene rings is 1. The van der Waals surface area contributed by atoms with Gasteiger partial charge in [0, 0.05) is 28.8 Å². The van der Waals surface area contributed by atoms with Gasteiger partial charge in [-0.15, -0.1) is 0 Å². The average molecular weight is 361 g/mol. The van der Waals surface area contributed by atoms with Crippen LogP contribution >= 0.6 is 22.6 Å². The third-order valence-electron chi connectivity index (χ3n) is 3.26. The highest BCUT2D eigenvalue weighted by Crippen LogP contribution is 2.32. The van der Waals surface area contributed by atoms with Crippen molar-refractivity contribution in [2.45, 2.75) is 19.4 Å². The second-order valence-corrected chi connectivity index (χ2v) is 5.57. The van der Waals surface area contributed by atoms with Crippen molar-refractivity contribution in [3.63, 3.8) is 0 Å². The van der Waals surface area contributed by atoms with Gasteiger partial charge in [-0.1, -0.05) is 0 Å². The molecule has 1 aromatic carbocycles. The molecule has 0 amide bonds. The average Bonchev–Trinajstić information content (AvgIpc) is 2.85. The predicted octanol–water partition coefficient (Wildman–Crippen LogP) is 2.39. The van der Waals surface area contributed by atoms with Crippen LogP contribution < -0.4 is 10.2 Å². The molecule has 1 heterocycles. The number of rotatable bonds is 4. The van der Waals surface area contributed by atoms with Crippen molar-refractivity contribution in [3.05, 3.63) is 31.9 Å². The van der Waals surface area contributed by atoms with E-state index < -0.39 is 0 Å². The fraction of sp³-hybridized carbons (Fsp3) is 0.500. The number of nitro groups is 1. The van der Waals surface area contributed by atoms with Crippen LogP contribution in [-0.4, -0.2) is 30.6 Å². The largest absolute Gasteiger partial charge is 0.362 e. The summed E-state index contributed by atoms with van der Waals surface area (Å²) in [6.07, 6.45) is 1.04. The zero-order valence-corrected chi connectivity index (χ0v) is 12.4. The number of hydrogen-bond acceptors (Lipinski definition) is 4. The van der Waals surface area contributed by atoms with Crippen LogP contribution in [0.25, 0.3) is 0 Å². The van der Waals surface area contributed by atoms with Crippen LogP contribution in [0.15, 0.2) is 18.2 Å². The minimum absolute atomic E-state index is 0.204. The quantitative estimate of drug-likeness (QED) is 0.508. The molecule has 0 aliphatic carbocycles. The lowest BCUT2D eigenvalue weighted by Gasteiger charge is -2.29. The van der Waals surface area contributed by atoms with Crippen LogP contribution in [0.2, 0.25) is 0 Å². The van der Waals surface area contributed by atoms with Gasteiger partial charge < -0.3 is 10.2 Å². The standard InChI is InChI=1S/C12H16IN3O2/c1-2-15(10-5-6-14-8-10)11-4-3-9(13)7-12(11)16(17)18/h3-4,7,10,14H,2,5-6,8H2,1H3. The summed E-state index contributed by atoms with van der Waals surface area (Å²) in [6.45, 7) is 4.71. The van der Waals surface area contributed by atoms with Crippen LogP contribution in [0.5, 0.6) is 0 Å². The molecule has 0 spiro atoms. The molecule has 6 heteroatoms. The summed E-state index contributed by atoms with van der Waals surface area (Å²) in [5.41, 5.74) is 0.937. The van der Waals surface area contributed by atoms with Gasteiger partial charge in [-0.2, -0.15) is 0 Å². The van der Waals surface area contributed by atoms with Crippen LogP contribution in [0, 0.1) is 13.7 Å². The van der Waals surface area contributed by atoms with Gasteiger partial charge in [0.15, 0.2) is 0 Å². The predicted molar refractivity (Wildman–Crippen MR) is 80.1 cm³/mol. The molecule has 98 valence electrons. The zero-order valence-electron chi connectivity index (χ0n) is 10.2. The van der Waals surface area contributed by atoms with E-state index in [2.05, 4.69) is 32.8 Å². The topological polar surface area (TPSA) is 58.4 Å². The van der Waals surface area contributed by atoms with E-state index in [4.69, 9.17) is 0 Å². The number of nitro benzene ring substituents is 1. The van der Waals surface area contributed by atoms with Gasteiger partial charge in [0.25, 0.3) is 5.69 Å². The Morgan fingerprint density at radius 2 is 2.39 bits per heavy atom. The zero-order chi connectivity index (χ0) is 13.1. The summed E-state index contributed by atoms with van der Waals surface area (Å²) in [5.74, 6) is 0. The Balaban J connectivity index is 2.37. The van der Waals surface area contributed by atoms with Crippen molar-refractivity contribution in [3.8, 4) is 0 Å². The van der Waals surface area contributed by atoms with Gasteiger partial charge in [-0.3, -0.25) is 10.1 Å². The first-order chi connectivity index (χ1) is 8.63. The number of anilines is 1. The minimum atomic E-state index is -0.289. The SMILES string of the molecule is CCN(c1ccc(I)cc1[N+](=O)[O-])C1CCNC1. The molecule has 0 radical (unpaired) electrons. The van der Waals surface area contributed by atoms with E-state index in [1.807, 2.05) is 19.1 Å². The molecule has 2 rings (SSSR count). The van der Waals surface area contributed by atoms with Crippen LogP contribution in [0.3, 0.4) is 0 Å². The van der Waals surface area contributed by atoms with Crippen molar-refractivity contribution in [2.75, 3.05) is 24.5 Å². The summed E-state index contributed by atoms with van der Waals surface area (Å²) >= 11 is 2.10. The molecule has 0 saturated carbocycles. The second-order valence-electron chi connectivity index (χ2n) is 4.32.